The second-order valence-electron chi connectivity index (χ2n) is 4.89. The molecular weight excluding hydrogens is 262 g/mol. The summed E-state index contributed by atoms with van der Waals surface area (Å²) in [7, 11) is 0. The highest BCUT2D eigenvalue weighted by atomic mass is 16.5. The van der Waals surface area contributed by atoms with Crippen LogP contribution in [0.1, 0.15) is 48.9 Å². The van der Waals surface area contributed by atoms with Crippen molar-refractivity contribution < 1.29 is 23.8 Å². The van der Waals surface area contributed by atoms with Gasteiger partial charge < -0.3 is 19.6 Å². The van der Waals surface area contributed by atoms with Crippen LogP contribution in [-0.4, -0.2) is 29.2 Å². The number of carbonyl (C=O) groups excluding carboxylic acids is 1. The molecule has 1 fully saturated rings. The zero-order chi connectivity index (χ0) is 14.6. The summed E-state index contributed by atoms with van der Waals surface area (Å²) in [6.45, 7) is 2.54. The van der Waals surface area contributed by atoms with Gasteiger partial charge in [0.05, 0.1) is 6.54 Å². The number of carbonyl (C=O) groups is 2. The fourth-order valence-electron chi connectivity index (χ4n) is 2.58. The summed E-state index contributed by atoms with van der Waals surface area (Å²) < 4.78 is 10.7. The highest BCUT2D eigenvalue weighted by Crippen LogP contribution is 2.33. The minimum absolute atomic E-state index is 0.130. The number of furan rings is 1. The van der Waals surface area contributed by atoms with E-state index in [9.17, 15) is 9.59 Å². The predicted octanol–water partition coefficient (Wildman–Crippen LogP) is 1.94. The quantitative estimate of drug-likeness (QED) is 0.831. The summed E-state index contributed by atoms with van der Waals surface area (Å²) in [6, 6.07) is 2.92. The molecule has 0 aromatic carbocycles. The first kappa shape index (κ1) is 14.6. The molecule has 20 heavy (non-hydrogen) atoms. The molecule has 1 amide bonds. The Balaban J connectivity index is 1.95. The van der Waals surface area contributed by atoms with E-state index in [0.717, 1.165) is 25.7 Å². The molecule has 0 saturated heterocycles. The molecule has 0 radical (unpaired) electrons. The Hall–Kier alpha value is -1.82. The van der Waals surface area contributed by atoms with Crippen LogP contribution in [0.15, 0.2) is 16.5 Å². The lowest BCUT2D eigenvalue weighted by Crippen LogP contribution is -2.46. The maximum absolute atomic E-state index is 12.3. The Morgan fingerprint density at radius 3 is 2.65 bits per heavy atom. The monoisotopic (exact) mass is 281 g/mol. The van der Waals surface area contributed by atoms with Crippen LogP contribution < -0.4 is 5.32 Å². The molecule has 1 aromatic rings. The molecule has 0 spiro atoms. The van der Waals surface area contributed by atoms with E-state index in [1.54, 1.807) is 6.07 Å². The second-order valence-corrected chi connectivity index (χ2v) is 4.89. The van der Waals surface area contributed by atoms with Gasteiger partial charge in [-0.2, -0.15) is 0 Å². The SMILES string of the molecule is CCOC1(C(=O)NCc2ccc(C(=O)O)o2)CCCC1. The third kappa shape index (κ3) is 3.01. The normalized spacial score (nSPS) is 17.1. The average molecular weight is 281 g/mol. The lowest BCUT2D eigenvalue weighted by molar-refractivity contribution is -0.146. The largest absolute Gasteiger partial charge is 0.475 e. The minimum atomic E-state index is -1.12. The Bertz CT molecular complexity index is 488. The van der Waals surface area contributed by atoms with Gasteiger partial charge in [0.1, 0.15) is 11.4 Å². The molecule has 0 bridgehead atoms. The Kier molecular flexibility index (Phi) is 4.44. The van der Waals surface area contributed by atoms with Crippen molar-refractivity contribution in [3.05, 3.63) is 23.7 Å². The van der Waals surface area contributed by atoms with Crippen molar-refractivity contribution in [2.75, 3.05) is 6.61 Å². The van der Waals surface area contributed by atoms with Gasteiger partial charge >= 0.3 is 5.97 Å². The van der Waals surface area contributed by atoms with Crippen molar-refractivity contribution in [2.45, 2.75) is 44.8 Å². The van der Waals surface area contributed by atoms with Crippen molar-refractivity contribution in [1.29, 1.82) is 0 Å². The molecule has 0 aliphatic heterocycles. The topological polar surface area (TPSA) is 88.8 Å². The number of aromatic carboxylic acids is 1. The maximum atomic E-state index is 12.3. The Morgan fingerprint density at radius 1 is 1.40 bits per heavy atom. The highest BCUT2D eigenvalue weighted by molar-refractivity contribution is 5.86. The number of hydrogen-bond acceptors (Lipinski definition) is 4. The van der Waals surface area contributed by atoms with Crippen LogP contribution in [0.25, 0.3) is 0 Å². The number of ether oxygens (including phenoxy) is 1. The molecular formula is C14H19NO5. The summed E-state index contributed by atoms with van der Waals surface area (Å²) in [5.74, 6) is -0.982. The van der Waals surface area contributed by atoms with E-state index >= 15 is 0 Å². The highest BCUT2D eigenvalue weighted by Gasteiger charge is 2.41. The van der Waals surface area contributed by atoms with Gasteiger partial charge in [-0.3, -0.25) is 4.79 Å². The molecule has 6 heteroatoms. The average Bonchev–Trinajstić information content (AvgIpc) is 3.06. The van der Waals surface area contributed by atoms with E-state index in [1.165, 1.54) is 6.07 Å². The molecule has 1 heterocycles. The molecule has 2 rings (SSSR count). The van der Waals surface area contributed by atoms with Crippen molar-refractivity contribution in [1.82, 2.24) is 5.32 Å². The Morgan fingerprint density at radius 2 is 2.10 bits per heavy atom. The first-order valence-electron chi connectivity index (χ1n) is 6.81. The van der Waals surface area contributed by atoms with Gasteiger partial charge in [-0.15, -0.1) is 0 Å². The van der Waals surface area contributed by atoms with Crippen LogP contribution in [0.2, 0.25) is 0 Å². The van der Waals surface area contributed by atoms with Gasteiger partial charge in [-0.05, 0) is 44.7 Å². The van der Waals surface area contributed by atoms with E-state index in [1.807, 2.05) is 6.92 Å². The number of carboxylic acid groups (broad SMARTS) is 1. The summed E-state index contributed by atoms with van der Waals surface area (Å²) in [5, 5.41) is 11.5. The summed E-state index contributed by atoms with van der Waals surface area (Å²) in [4.78, 5) is 23.0. The fourth-order valence-corrected chi connectivity index (χ4v) is 2.58. The predicted molar refractivity (Wildman–Crippen MR) is 70.3 cm³/mol. The van der Waals surface area contributed by atoms with Crippen LogP contribution in [0.3, 0.4) is 0 Å². The molecule has 6 nitrogen and oxygen atoms in total. The lowest BCUT2D eigenvalue weighted by atomic mass is 10.0. The smallest absolute Gasteiger partial charge is 0.371 e. The van der Waals surface area contributed by atoms with Crippen molar-refractivity contribution in [3.8, 4) is 0 Å². The number of carboxylic acids is 1. The minimum Gasteiger partial charge on any atom is -0.475 e. The molecule has 1 aliphatic carbocycles. The standard InChI is InChI=1S/C14H19NO5/c1-2-19-14(7-3-4-8-14)13(18)15-9-10-5-6-11(20-10)12(16)17/h5-6H,2-4,7-9H2,1H3,(H,15,18)(H,16,17). The van der Waals surface area contributed by atoms with Gasteiger partial charge in [0.25, 0.3) is 5.91 Å². The first-order chi connectivity index (χ1) is 9.57. The van der Waals surface area contributed by atoms with E-state index in [2.05, 4.69) is 5.32 Å². The summed E-state index contributed by atoms with van der Waals surface area (Å²) >= 11 is 0. The van der Waals surface area contributed by atoms with Crippen LogP contribution in [-0.2, 0) is 16.1 Å². The lowest BCUT2D eigenvalue weighted by Gasteiger charge is -2.27. The van der Waals surface area contributed by atoms with Gasteiger partial charge in [0.2, 0.25) is 5.76 Å². The zero-order valence-corrected chi connectivity index (χ0v) is 11.5. The van der Waals surface area contributed by atoms with Crippen molar-refractivity contribution in [3.63, 3.8) is 0 Å². The molecule has 1 aromatic heterocycles. The molecule has 110 valence electrons. The van der Waals surface area contributed by atoms with Gasteiger partial charge in [0.15, 0.2) is 0 Å². The van der Waals surface area contributed by atoms with Crippen LogP contribution in [0.4, 0.5) is 0 Å². The van der Waals surface area contributed by atoms with Gasteiger partial charge in [-0.1, -0.05) is 0 Å². The number of amides is 1. The summed E-state index contributed by atoms with van der Waals surface area (Å²) in [5.41, 5.74) is -0.725. The van der Waals surface area contributed by atoms with E-state index in [4.69, 9.17) is 14.3 Å². The summed E-state index contributed by atoms with van der Waals surface area (Å²) in [6.07, 6.45) is 3.42. The Labute approximate surface area is 117 Å². The van der Waals surface area contributed by atoms with Crippen LogP contribution in [0, 0.1) is 0 Å². The molecule has 0 unspecified atom stereocenters. The first-order valence-corrected chi connectivity index (χ1v) is 6.81. The third-order valence-electron chi connectivity index (χ3n) is 3.54. The molecule has 1 aliphatic rings. The van der Waals surface area contributed by atoms with Crippen LogP contribution in [0.5, 0.6) is 0 Å². The zero-order valence-electron chi connectivity index (χ0n) is 11.5. The van der Waals surface area contributed by atoms with E-state index < -0.39 is 11.6 Å². The van der Waals surface area contributed by atoms with E-state index in [-0.39, 0.29) is 18.2 Å². The number of hydrogen-bond donors (Lipinski definition) is 2. The molecule has 1 saturated carbocycles. The van der Waals surface area contributed by atoms with Gasteiger partial charge in [-0.25, -0.2) is 4.79 Å². The number of rotatable bonds is 6. The molecule has 2 N–H and O–H groups in total. The van der Waals surface area contributed by atoms with E-state index in [0.29, 0.717) is 12.4 Å². The second kappa shape index (κ2) is 6.09. The number of nitrogens with one attached hydrogen (secondary N) is 1. The van der Waals surface area contributed by atoms with Gasteiger partial charge in [0, 0.05) is 6.61 Å². The van der Waals surface area contributed by atoms with Crippen molar-refractivity contribution in [2.24, 2.45) is 0 Å². The molecule has 0 atom stereocenters. The maximum Gasteiger partial charge on any atom is 0.371 e. The third-order valence-corrected chi connectivity index (χ3v) is 3.54. The fraction of sp³-hybridized carbons (Fsp3) is 0.571. The van der Waals surface area contributed by atoms with Crippen LogP contribution >= 0.6 is 0 Å². The van der Waals surface area contributed by atoms with Crippen molar-refractivity contribution >= 4 is 11.9 Å².